The van der Waals surface area contributed by atoms with Gasteiger partial charge in [0, 0.05) is 11.6 Å². The lowest BCUT2D eigenvalue weighted by molar-refractivity contribution is 0.0940. The van der Waals surface area contributed by atoms with E-state index in [4.69, 9.17) is 11.6 Å². The molecule has 82 valence electrons. The number of hydrogen-bond acceptors (Lipinski definition) is 4. The summed E-state index contributed by atoms with van der Waals surface area (Å²) >= 11 is 5.93. The van der Waals surface area contributed by atoms with Gasteiger partial charge in [-0.15, -0.1) is 10.2 Å². The summed E-state index contributed by atoms with van der Waals surface area (Å²) in [6, 6.07) is 7.27. The number of hydrogen-bond donors (Lipinski definition) is 2. The highest BCUT2D eigenvalue weighted by Crippen LogP contribution is 2.14. The van der Waals surface area contributed by atoms with E-state index in [1.165, 1.54) is 0 Å². The Morgan fingerprint density at radius 1 is 1.44 bits per heavy atom. The molecule has 16 heavy (non-hydrogen) atoms. The second-order valence-electron chi connectivity index (χ2n) is 3.01. The van der Waals surface area contributed by atoms with Crippen LogP contribution < -0.4 is 5.32 Å². The molecule has 0 spiro atoms. The fraction of sp³-hybridized carbons (Fsp3) is 0.111. The van der Waals surface area contributed by atoms with Crippen LogP contribution >= 0.6 is 11.6 Å². The zero-order chi connectivity index (χ0) is 11.4. The maximum atomic E-state index is 11.5. The molecule has 1 amide bonds. The number of nitrogens with zero attached hydrogens (tertiary/aromatic N) is 3. The normalized spacial score (nSPS) is 10.1. The Balaban J connectivity index is 1.98. The molecule has 0 radical (unpaired) electrons. The number of carbonyl (C=O) groups is 1. The van der Waals surface area contributed by atoms with Crippen molar-refractivity contribution in [1.82, 2.24) is 25.9 Å². The van der Waals surface area contributed by atoms with Crippen molar-refractivity contribution in [2.45, 2.75) is 6.54 Å². The van der Waals surface area contributed by atoms with Gasteiger partial charge in [0.15, 0.2) is 0 Å². The van der Waals surface area contributed by atoms with Crippen molar-refractivity contribution in [3.05, 3.63) is 40.7 Å². The number of nitrogens with one attached hydrogen (secondary N) is 2. The van der Waals surface area contributed by atoms with Gasteiger partial charge in [-0.2, -0.15) is 5.21 Å². The molecule has 0 unspecified atom stereocenters. The zero-order valence-corrected chi connectivity index (χ0v) is 8.90. The van der Waals surface area contributed by atoms with E-state index < -0.39 is 5.91 Å². The van der Waals surface area contributed by atoms with Gasteiger partial charge in [-0.05, 0) is 16.8 Å². The standard InChI is InChI=1S/C9H8ClN5O/c10-7-4-2-1-3-6(7)5-11-9(16)8-12-14-15-13-8/h1-4H,5H2,(H,11,16)(H,12,13,14,15). The van der Waals surface area contributed by atoms with Crippen molar-refractivity contribution >= 4 is 17.5 Å². The molecular weight excluding hydrogens is 230 g/mol. The van der Waals surface area contributed by atoms with E-state index in [0.717, 1.165) is 5.56 Å². The molecule has 2 rings (SSSR count). The van der Waals surface area contributed by atoms with Crippen LogP contribution in [0.3, 0.4) is 0 Å². The van der Waals surface area contributed by atoms with Crippen molar-refractivity contribution in [3.63, 3.8) is 0 Å². The lowest BCUT2D eigenvalue weighted by Crippen LogP contribution is -2.24. The van der Waals surface area contributed by atoms with E-state index in [0.29, 0.717) is 11.6 Å². The maximum Gasteiger partial charge on any atom is 0.293 e. The summed E-state index contributed by atoms with van der Waals surface area (Å²) in [5.74, 6) is -0.388. The molecule has 2 aromatic rings. The van der Waals surface area contributed by atoms with Crippen molar-refractivity contribution in [2.24, 2.45) is 0 Å². The van der Waals surface area contributed by atoms with Gasteiger partial charge in [-0.1, -0.05) is 29.8 Å². The van der Waals surface area contributed by atoms with E-state index >= 15 is 0 Å². The van der Waals surface area contributed by atoms with Gasteiger partial charge in [-0.3, -0.25) is 4.79 Å². The molecule has 6 nitrogen and oxygen atoms in total. The van der Waals surface area contributed by atoms with Crippen LogP contribution in [0.4, 0.5) is 0 Å². The summed E-state index contributed by atoms with van der Waals surface area (Å²) in [6.07, 6.45) is 0. The first-order valence-electron chi connectivity index (χ1n) is 4.52. The maximum absolute atomic E-state index is 11.5. The first kappa shape index (κ1) is 10.6. The predicted molar refractivity (Wildman–Crippen MR) is 56.8 cm³/mol. The second kappa shape index (κ2) is 4.71. The molecule has 7 heteroatoms. The van der Waals surface area contributed by atoms with Crippen molar-refractivity contribution in [3.8, 4) is 0 Å². The van der Waals surface area contributed by atoms with Crippen LogP contribution in [0.25, 0.3) is 0 Å². The van der Waals surface area contributed by atoms with Crippen molar-refractivity contribution in [2.75, 3.05) is 0 Å². The van der Waals surface area contributed by atoms with Crippen molar-refractivity contribution < 1.29 is 4.79 Å². The Hall–Kier alpha value is -1.95. The zero-order valence-electron chi connectivity index (χ0n) is 8.14. The highest BCUT2D eigenvalue weighted by atomic mass is 35.5. The minimum Gasteiger partial charge on any atom is -0.345 e. The summed E-state index contributed by atoms with van der Waals surface area (Å²) in [6.45, 7) is 0.326. The number of aromatic amines is 1. The fourth-order valence-electron chi connectivity index (χ4n) is 1.15. The molecule has 1 aromatic carbocycles. The SMILES string of the molecule is O=C(NCc1ccccc1Cl)c1nn[nH]n1. The molecular formula is C9H8ClN5O. The van der Waals surface area contributed by atoms with Gasteiger partial charge >= 0.3 is 0 Å². The Morgan fingerprint density at radius 2 is 2.25 bits per heavy atom. The monoisotopic (exact) mass is 237 g/mol. The number of H-pyrrole nitrogens is 1. The van der Waals surface area contributed by atoms with Crippen LogP contribution in [0.5, 0.6) is 0 Å². The van der Waals surface area contributed by atoms with Gasteiger partial charge in [0.2, 0.25) is 0 Å². The van der Waals surface area contributed by atoms with E-state index in [2.05, 4.69) is 25.9 Å². The number of carbonyl (C=O) groups excluding carboxylic acids is 1. The number of halogens is 1. The van der Waals surface area contributed by atoms with Crippen LogP contribution in [-0.4, -0.2) is 26.5 Å². The molecule has 0 aliphatic carbocycles. The molecule has 0 saturated heterocycles. The average Bonchev–Trinajstić information content (AvgIpc) is 2.81. The third-order valence-electron chi connectivity index (χ3n) is 1.95. The van der Waals surface area contributed by atoms with E-state index in [-0.39, 0.29) is 5.82 Å². The summed E-state index contributed by atoms with van der Waals surface area (Å²) in [5.41, 5.74) is 0.834. The number of tetrazole rings is 1. The molecule has 1 aromatic heterocycles. The molecule has 0 aliphatic heterocycles. The third-order valence-corrected chi connectivity index (χ3v) is 2.31. The van der Waals surface area contributed by atoms with Crippen LogP contribution in [-0.2, 0) is 6.54 Å². The molecule has 0 aliphatic rings. The van der Waals surface area contributed by atoms with Gasteiger partial charge in [-0.25, -0.2) is 0 Å². The summed E-state index contributed by atoms with van der Waals surface area (Å²) in [7, 11) is 0. The molecule has 1 heterocycles. The van der Waals surface area contributed by atoms with E-state index in [1.54, 1.807) is 6.07 Å². The van der Waals surface area contributed by atoms with Gasteiger partial charge in [0.05, 0.1) is 0 Å². The van der Waals surface area contributed by atoms with Crippen molar-refractivity contribution in [1.29, 1.82) is 0 Å². The number of amides is 1. The predicted octanol–water partition coefficient (Wildman–Crippen LogP) is 0.783. The van der Waals surface area contributed by atoms with E-state index in [1.807, 2.05) is 18.2 Å². The number of aromatic nitrogens is 4. The highest BCUT2D eigenvalue weighted by molar-refractivity contribution is 6.31. The smallest absolute Gasteiger partial charge is 0.293 e. The summed E-state index contributed by atoms with van der Waals surface area (Å²) < 4.78 is 0. The van der Waals surface area contributed by atoms with Gasteiger partial charge in [0.1, 0.15) is 0 Å². The first-order valence-corrected chi connectivity index (χ1v) is 4.90. The molecule has 0 saturated carbocycles. The minimum atomic E-state index is -0.395. The molecule has 0 fully saturated rings. The number of benzene rings is 1. The molecule has 2 N–H and O–H groups in total. The fourth-order valence-corrected chi connectivity index (χ4v) is 1.36. The summed E-state index contributed by atoms with van der Waals surface area (Å²) in [4.78, 5) is 11.5. The molecule has 0 bridgehead atoms. The number of rotatable bonds is 3. The Morgan fingerprint density at radius 3 is 2.94 bits per heavy atom. The largest absolute Gasteiger partial charge is 0.345 e. The van der Waals surface area contributed by atoms with Gasteiger partial charge < -0.3 is 5.32 Å². The Kier molecular flexibility index (Phi) is 3.11. The summed E-state index contributed by atoms with van der Waals surface area (Å²) in [5, 5.41) is 15.9. The van der Waals surface area contributed by atoms with Crippen LogP contribution in [0.2, 0.25) is 5.02 Å². The quantitative estimate of drug-likeness (QED) is 0.827. The van der Waals surface area contributed by atoms with Crippen LogP contribution in [0.1, 0.15) is 16.2 Å². The molecule has 0 atom stereocenters. The van der Waals surface area contributed by atoms with Gasteiger partial charge in [0.25, 0.3) is 11.7 Å². The average molecular weight is 238 g/mol. The van der Waals surface area contributed by atoms with E-state index in [9.17, 15) is 4.79 Å². The second-order valence-corrected chi connectivity index (χ2v) is 3.42. The van der Waals surface area contributed by atoms with Crippen LogP contribution in [0.15, 0.2) is 24.3 Å². The topological polar surface area (TPSA) is 83.6 Å². The Bertz CT molecular complexity index is 484. The third kappa shape index (κ3) is 2.34. The van der Waals surface area contributed by atoms with Crippen LogP contribution in [0, 0.1) is 0 Å². The minimum absolute atomic E-state index is 0.00653. The lowest BCUT2D eigenvalue weighted by Gasteiger charge is -2.04. The highest BCUT2D eigenvalue weighted by Gasteiger charge is 2.10. The Labute approximate surface area is 96.0 Å². The lowest BCUT2D eigenvalue weighted by atomic mass is 10.2. The first-order chi connectivity index (χ1) is 7.77.